The number of nitriles is 1. The standard InChI is InChI=1S/C14H17ClN4O/c1-18-4-6-19(7-5-18)14(20)10-17-13-3-2-11(9-16)8-12(13)15/h2-3,8,17H,4-7,10H2,1H3. The highest BCUT2D eigenvalue weighted by Gasteiger charge is 2.18. The van der Waals surface area contributed by atoms with Crippen molar-refractivity contribution < 1.29 is 4.79 Å². The normalized spacial score (nSPS) is 15.8. The molecule has 1 fully saturated rings. The van der Waals surface area contributed by atoms with Crippen LogP contribution in [0.15, 0.2) is 18.2 Å². The molecule has 6 heteroatoms. The van der Waals surface area contributed by atoms with Crippen LogP contribution >= 0.6 is 11.6 Å². The molecule has 1 aromatic rings. The molecular formula is C14H17ClN4O. The summed E-state index contributed by atoms with van der Waals surface area (Å²) in [5.41, 5.74) is 1.18. The molecule has 1 heterocycles. The molecule has 1 amide bonds. The number of benzene rings is 1. The van der Waals surface area contributed by atoms with Crippen molar-refractivity contribution in [1.29, 1.82) is 5.26 Å². The second kappa shape index (κ2) is 6.60. The number of piperazine rings is 1. The van der Waals surface area contributed by atoms with E-state index in [1.54, 1.807) is 18.2 Å². The van der Waals surface area contributed by atoms with Crippen molar-refractivity contribution in [2.75, 3.05) is 45.1 Å². The number of nitrogens with zero attached hydrogens (tertiary/aromatic N) is 3. The zero-order valence-corrected chi connectivity index (χ0v) is 12.2. The molecule has 1 N–H and O–H groups in total. The maximum atomic E-state index is 12.1. The fraction of sp³-hybridized carbons (Fsp3) is 0.429. The van der Waals surface area contributed by atoms with Gasteiger partial charge in [-0.3, -0.25) is 4.79 Å². The first-order chi connectivity index (χ1) is 9.60. The fourth-order valence-corrected chi connectivity index (χ4v) is 2.31. The van der Waals surface area contributed by atoms with Crippen molar-refractivity contribution in [1.82, 2.24) is 9.80 Å². The Bertz CT molecular complexity index is 532. The van der Waals surface area contributed by atoms with Gasteiger partial charge in [0.1, 0.15) is 0 Å². The molecule has 1 aliphatic rings. The Morgan fingerprint density at radius 3 is 2.70 bits per heavy atom. The van der Waals surface area contributed by atoms with Crippen molar-refractivity contribution in [3.8, 4) is 6.07 Å². The molecule has 0 unspecified atom stereocenters. The number of amides is 1. The summed E-state index contributed by atoms with van der Waals surface area (Å²) in [6.45, 7) is 3.55. The van der Waals surface area contributed by atoms with E-state index < -0.39 is 0 Å². The van der Waals surface area contributed by atoms with E-state index >= 15 is 0 Å². The number of carbonyl (C=O) groups excluding carboxylic acids is 1. The lowest BCUT2D eigenvalue weighted by Crippen LogP contribution is -2.48. The number of carbonyl (C=O) groups is 1. The molecule has 0 saturated carbocycles. The molecule has 2 rings (SSSR count). The Morgan fingerprint density at radius 1 is 1.40 bits per heavy atom. The zero-order valence-electron chi connectivity index (χ0n) is 11.4. The third-order valence-corrected chi connectivity index (χ3v) is 3.70. The van der Waals surface area contributed by atoms with Crippen molar-refractivity contribution in [2.24, 2.45) is 0 Å². The highest BCUT2D eigenvalue weighted by molar-refractivity contribution is 6.33. The Kier molecular flexibility index (Phi) is 4.83. The summed E-state index contributed by atoms with van der Waals surface area (Å²) in [6.07, 6.45) is 0. The van der Waals surface area contributed by atoms with Gasteiger partial charge in [0.05, 0.1) is 28.9 Å². The molecule has 0 bridgehead atoms. The van der Waals surface area contributed by atoms with Gasteiger partial charge in [0.2, 0.25) is 5.91 Å². The molecule has 1 aliphatic heterocycles. The second-order valence-corrected chi connectivity index (χ2v) is 5.25. The van der Waals surface area contributed by atoms with Gasteiger partial charge in [0.15, 0.2) is 0 Å². The first kappa shape index (κ1) is 14.6. The zero-order chi connectivity index (χ0) is 14.5. The van der Waals surface area contributed by atoms with Crippen LogP contribution in [0.25, 0.3) is 0 Å². The summed E-state index contributed by atoms with van der Waals surface area (Å²) >= 11 is 6.05. The summed E-state index contributed by atoms with van der Waals surface area (Å²) in [4.78, 5) is 16.1. The van der Waals surface area contributed by atoms with Gasteiger partial charge in [-0.1, -0.05) is 11.6 Å². The Balaban J connectivity index is 1.89. The number of hydrogen-bond acceptors (Lipinski definition) is 4. The number of halogens is 1. The molecule has 0 atom stereocenters. The molecule has 0 radical (unpaired) electrons. The van der Waals surface area contributed by atoms with Crippen molar-refractivity contribution in [3.63, 3.8) is 0 Å². The lowest BCUT2D eigenvalue weighted by atomic mass is 10.2. The SMILES string of the molecule is CN1CCN(C(=O)CNc2ccc(C#N)cc2Cl)CC1. The number of hydrogen-bond donors (Lipinski definition) is 1. The van der Waals surface area contributed by atoms with Gasteiger partial charge in [-0.2, -0.15) is 5.26 Å². The van der Waals surface area contributed by atoms with E-state index in [9.17, 15) is 4.79 Å². The number of likely N-dealkylation sites (N-methyl/N-ethyl adjacent to an activating group) is 1. The van der Waals surface area contributed by atoms with Crippen molar-refractivity contribution in [2.45, 2.75) is 0 Å². The van der Waals surface area contributed by atoms with Gasteiger partial charge in [0, 0.05) is 26.2 Å². The Hall–Kier alpha value is -1.77. The van der Waals surface area contributed by atoms with Crippen LogP contribution in [0.3, 0.4) is 0 Å². The van der Waals surface area contributed by atoms with Crippen LogP contribution in [-0.2, 0) is 4.79 Å². The number of nitrogens with one attached hydrogen (secondary N) is 1. The largest absolute Gasteiger partial charge is 0.375 e. The fourth-order valence-electron chi connectivity index (χ4n) is 2.07. The summed E-state index contributed by atoms with van der Waals surface area (Å²) in [7, 11) is 2.05. The van der Waals surface area contributed by atoms with E-state index in [0.29, 0.717) is 16.3 Å². The molecule has 0 spiro atoms. The Morgan fingerprint density at radius 2 is 2.10 bits per heavy atom. The van der Waals surface area contributed by atoms with E-state index in [-0.39, 0.29) is 12.5 Å². The van der Waals surface area contributed by atoms with Gasteiger partial charge in [-0.05, 0) is 25.2 Å². The minimum absolute atomic E-state index is 0.0681. The minimum atomic E-state index is 0.0681. The molecule has 1 aromatic carbocycles. The molecule has 1 saturated heterocycles. The topological polar surface area (TPSA) is 59.4 Å². The predicted octanol–water partition coefficient (Wildman–Crippen LogP) is 1.40. The van der Waals surface area contributed by atoms with E-state index in [1.165, 1.54) is 0 Å². The maximum absolute atomic E-state index is 12.1. The molecule has 0 aromatic heterocycles. The van der Waals surface area contributed by atoms with E-state index in [2.05, 4.69) is 17.3 Å². The van der Waals surface area contributed by atoms with Crippen LogP contribution in [0, 0.1) is 11.3 Å². The molecule has 20 heavy (non-hydrogen) atoms. The quantitative estimate of drug-likeness (QED) is 0.915. The minimum Gasteiger partial charge on any atom is -0.375 e. The molecule has 5 nitrogen and oxygen atoms in total. The van der Waals surface area contributed by atoms with Crippen LogP contribution in [0.1, 0.15) is 5.56 Å². The summed E-state index contributed by atoms with van der Waals surface area (Å²) < 4.78 is 0. The number of anilines is 1. The van der Waals surface area contributed by atoms with Crippen molar-refractivity contribution >= 4 is 23.2 Å². The smallest absolute Gasteiger partial charge is 0.241 e. The van der Waals surface area contributed by atoms with Gasteiger partial charge >= 0.3 is 0 Å². The first-order valence-electron chi connectivity index (χ1n) is 6.50. The summed E-state index contributed by atoms with van der Waals surface area (Å²) in [6, 6.07) is 7.01. The second-order valence-electron chi connectivity index (χ2n) is 4.84. The van der Waals surface area contributed by atoms with Crippen LogP contribution < -0.4 is 5.32 Å². The summed E-state index contributed by atoms with van der Waals surface area (Å²) in [5, 5.41) is 12.2. The average molecular weight is 293 g/mol. The van der Waals surface area contributed by atoms with E-state index in [0.717, 1.165) is 26.2 Å². The third kappa shape index (κ3) is 3.62. The van der Waals surface area contributed by atoms with Gasteiger partial charge < -0.3 is 15.1 Å². The Labute approximate surface area is 123 Å². The predicted molar refractivity (Wildman–Crippen MR) is 78.7 cm³/mol. The van der Waals surface area contributed by atoms with Gasteiger partial charge in [0.25, 0.3) is 0 Å². The first-order valence-corrected chi connectivity index (χ1v) is 6.88. The van der Waals surface area contributed by atoms with E-state index in [4.69, 9.17) is 16.9 Å². The van der Waals surface area contributed by atoms with Crippen LogP contribution in [0.5, 0.6) is 0 Å². The van der Waals surface area contributed by atoms with E-state index in [1.807, 2.05) is 11.0 Å². The lowest BCUT2D eigenvalue weighted by molar-refractivity contribution is -0.130. The highest BCUT2D eigenvalue weighted by Crippen LogP contribution is 2.22. The molecule has 106 valence electrons. The third-order valence-electron chi connectivity index (χ3n) is 3.38. The van der Waals surface area contributed by atoms with Crippen LogP contribution in [0.4, 0.5) is 5.69 Å². The van der Waals surface area contributed by atoms with Crippen LogP contribution in [-0.4, -0.2) is 55.5 Å². The monoisotopic (exact) mass is 292 g/mol. The van der Waals surface area contributed by atoms with Crippen molar-refractivity contribution in [3.05, 3.63) is 28.8 Å². The van der Waals surface area contributed by atoms with Gasteiger partial charge in [-0.15, -0.1) is 0 Å². The number of rotatable bonds is 3. The summed E-state index contributed by atoms with van der Waals surface area (Å²) in [5.74, 6) is 0.0681. The highest BCUT2D eigenvalue weighted by atomic mass is 35.5. The molecule has 0 aliphatic carbocycles. The van der Waals surface area contributed by atoms with Gasteiger partial charge in [-0.25, -0.2) is 0 Å². The maximum Gasteiger partial charge on any atom is 0.241 e. The average Bonchev–Trinajstić information content (AvgIpc) is 2.46. The molecular weight excluding hydrogens is 276 g/mol. The van der Waals surface area contributed by atoms with Crippen LogP contribution in [0.2, 0.25) is 5.02 Å². The lowest BCUT2D eigenvalue weighted by Gasteiger charge is -2.32.